The molecule has 0 bridgehead atoms. The highest BCUT2D eigenvalue weighted by Crippen LogP contribution is 2.40. The maximum Gasteiger partial charge on any atom is 0.338 e. The lowest BCUT2D eigenvalue weighted by atomic mass is 9.93. The van der Waals surface area contributed by atoms with Crippen LogP contribution in [-0.2, 0) is 24.2 Å². The van der Waals surface area contributed by atoms with E-state index in [0.29, 0.717) is 18.8 Å². The molecular formula is C32H36N2O4S. The van der Waals surface area contributed by atoms with Gasteiger partial charge in [-0.1, -0.05) is 43.5 Å². The van der Waals surface area contributed by atoms with Crippen LogP contribution in [0.1, 0.15) is 94.2 Å². The number of hydrogen-bond acceptors (Lipinski definition) is 6. The molecule has 0 saturated heterocycles. The first kappa shape index (κ1) is 27.1. The van der Waals surface area contributed by atoms with Crippen LogP contribution in [0.4, 0.5) is 5.00 Å². The van der Waals surface area contributed by atoms with Crippen molar-refractivity contribution >= 4 is 34.4 Å². The zero-order valence-corrected chi connectivity index (χ0v) is 23.4. The fraction of sp³-hybridized carbons (Fsp3) is 0.406. The number of nitrogens with zero attached hydrogens (tertiary/aromatic N) is 1. The van der Waals surface area contributed by atoms with Crippen molar-refractivity contribution in [3.8, 4) is 5.75 Å². The largest absolute Gasteiger partial charge is 0.489 e. The molecule has 1 N–H and O–H groups in total. The van der Waals surface area contributed by atoms with Crippen LogP contribution in [0.5, 0.6) is 5.75 Å². The number of rotatable bonds is 9. The van der Waals surface area contributed by atoms with Gasteiger partial charge in [-0.15, -0.1) is 11.3 Å². The van der Waals surface area contributed by atoms with Crippen LogP contribution in [0.3, 0.4) is 0 Å². The van der Waals surface area contributed by atoms with Crippen molar-refractivity contribution in [2.75, 3.05) is 6.61 Å². The van der Waals surface area contributed by atoms with E-state index in [2.05, 4.69) is 5.32 Å². The molecule has 204 valence electrons. The van der Waals surface area contributed by atoms with E-state index in [1.807, 2.05) is 42.6 Å². The maximum atomic E-state index is 13.4. The molecule has 1 fully saturated rings. The second-order valence-corrected chi connectivity index (χ2v) is 11.3. The molecule has 2 aliphatic rings. The summed E-state index contributed by atoms with van der Waals surface area (Å²) in [6.45, 7) is 2.53. The van der Waals surface area contributed by atoms with E-state index in [1.165, 1.54) is 36.1 Å². The molecule has 1 heterocycles. The van der Waals surface area contributed by atoms with Gasteiger partial charge in [0.1, 0.15) is 17.4 Å². The van der Waals surface area contributed by atoms with Gasteiger partial charge in [-0.05, 0) is 86.4 Å². The Hall–Kier alpha value is -3.45. The minimum Gasteiger partial charge on any atom is -0.489 e. The zero-order valence-electron chi connectivity index (χ0n) is 22.5. The smallest absolute Gasteiger partial charge is 0.338 e. The van der Waals surface area contributed by atoms with Crippen LogP contribution in [0.25, 0.3) is 0 Å². The van der Waals surface area contributed by atoms with E-state index in [1.54, 1.807) is 30.4 Å². The molecule has 0 radical (unpaired) electrons. The molecule has 5 rings (SSSR count). The summed E-state index contributed by atoms with van der Waals surface area (Å²) in [5.74, 6) is 0.451. The minimum absolute atomic E-state index is 0.0412. The number of nitrogens with one attached hydrogen (secondary N) is 1. The van der Waals surface area contributed by atoms with Crippen LogP contribution < -0.4 is 10.1 Å². The van der Waals surface area contributed by atoms with Crippen molar-refractivity contribution in [2.24, 2.45) is 4.99 Å². The molecule has 1 saturated carbocycles. The van der Waals surface area contributed by atoms with E-state index in [4.69, 9.17) is 14.5 Å². The lowest BCUT2D eigenvalue weighted by Gasteiger charge is -2.23. The third-order valence-corrected chi connectivity index (χ3v) is 8.58. The number of hydrogen-bond donors (Lipinski definition) is 1. The van der Waals surface area contributed by atoms with E-state index < -0.39 is 0 Å². The van der Waals surface area contributed by atoms with Gasteiger partial charge in [-0.3, -0.25) is 4.79 Å². The van der Waals surface area contributed by atoms with Crippen LogP contribution >= 0.6 is 11.3 Å². The van der Waals surface area contributed by atoms with Gasteiger partial charge in [0, 0.05) is 17.1 Å². The number of carbonyl (C=O) groups is 2. The van der Waals surface area contributed by atoms with Crippen molar-refractivity contribution in [1.82, 2.24) is 5.32 Å². The highest BCUT2D eigenvalue weighted by Gasteiger charge is 2.27. The summed E-state index contributed by atoms with van der Waals surface area (Å²) in [6, 6.07) is 15.3. The summed E-state index contributed by atoms with van der Waals surface area (Å²) in [7, 11) is 0. The van der Waals surface area contributed by atoms with Crippen LogP contribution in [0.15, 0.2) is 53.5 Å². The van der Waals surface area contributed by atoms with E-state index in [0.717, 1.165) is 59.5 Å². The number of fused-ring (bicyclic) bond motifs is 1. The Morgan fingerprint density at radius 1 is 1.03 bits per heavy atom. The number of esters is 1. The highest BCUT2D eigenvalue weighted by atomic mass is 32.1. The number of ether oxygens (including phenoxy) is 2. The summed E-state index contributed by atoms with van der Waals surface area (Å²) in [5.41, 5.74) is 4.39. The molecule has 3 aromatic rings. The highest BCUT2D eigenvalue weighted by molar-refractivity contribution is 7.16. The van der Waals surface area contributed by atoms with Crippen LogP contribution in [-0.4, -0.2) is 30.7 Å². The van der Waals surface area contributed by atoms with Gasteiger partial charge in [0.25, 0.3) is 5.91 Å². The second kappa shape index (κ2) is 13.1. The first-order chi connectivity index (χ1) is 19.1. The van der Waals surface area contributed by atoms with Crippen molar-refractivity contribution in [3.63, 3.8) is 0 Å². The van der Waals surface area contributed by atoms with E-state index in [-0.39, 0.29) is 17.9 Å². The first-order valence-corrected chi connectivity index (χ1v) is 14.9. The number of thiophene rings is 1. The molecule has 7 heteroatoms. The van der Waals surface area contributed by atoms with Crippen LogP contribution in [0, 0.1) is 0 Å². The predicted octanol–water partition coefficient (Wildman–Crippen LogP) is 7.20. The zero-order chi connectivity index (χ0) is 27.0. The van der Waals surface area contributed by atoms with Crippen molar-refractivity contribution in [3.05, 3.63) is 81.2 Å². The van der Waals surface area contributed by atoms with E-state index in [9.17, 15) is 9.59 Å². The SMILES string of the molecule is CCOC(=O)c1ccc(COc2cccc(C=Nc3sc4c(c3C(=O)NC3CCCCC3)CCCC4)c2)cc1. The Bertz CT molecular complexity index is 1320. The quantitative estimate of drug-likeness (QED) is 0.228. The normalized spacial score (nSPS) is 15.6. The maximum absolute atomic E-state index is 13.4. The molecule has 0 unspecified atom stereocenters. The molecule has 0 aliphatic heterocycles. The van der Waals surface area contributed by atoms with Gasteiger partial charge < -0.3 is 14.8 Å². The lowest BCUT2D eigenvalue weighted by molar-refractivity contribution is 0.0526. The Kier molecular flexibility index (Phi) is 9.09. The van der Waals surface area contributed by atoms with Gasteiger partial charge in [0.15, 0.2) is 0 Å². The molecule has 0 spiro atoms. The average Bonchev–Trinajstić information content (AvgIpc) is 3.35. The molecule has 6 nitrogen and oxygen atoms in total. The van der Waals surface area contributed by atoms with Crippen molar-refractivity contribution in [2.45, 2.75) is 77.4 Å². The standard InChI is InChI=1S/C32H36N2O4S/c1-2-37-32(36)24-17-15-22(16-18-24)21-38-26-12-8-9-23(19-26)20-33-31-29(27-13-6-7-14-28(27)39-31)30(35)34-25-10-4-3-5-11-25/h8-9,12,15-20,25H,2-7,10-11,13-14,21H2,1H3,(H,34,35). The molecule has 39 heavy (non-hydrogen) atoms. The van der Waals surface area contributed by atoms with Gasteiger partial charge in [0.2, 0.25) is 0 Å². The number of aliphatic imine (C=N–C) groups is 1. The lowest BCUT2D eigenvalue weighted by Crippen LogP contribution is -2.36. The first-order valence-electron chi connectivity index (χ1n) is 14.1. The number of amides is 1. The molecular weight excluding hydrogens is 508 g/mol. The third-order valence-electron chi connectivity index (χ3n) is 7.38. The Balaban J connectivity index is 1.27. The Labute approximate surface area is 234 Å². The topological polar surface area (TPSA) is 77.0 Å². The van der Waals surface area contributed by atoms with Crippen molar-refractivity contribution < 1.29 is 19.1 Å². The average molecular weight is 545 g/mol. The number of aryl methyl sites for hydroxylation is 1. The Morgan fingerprint density at radius 2 is 1.82 bits per heavy atom. The van der Waals surface area contributed by atoms with Gasteiger partial charge in [-0.25, -0.2) is 9.79 Å². The number of benzene rings is 2. The molecule has 2 aromatic carbocycles. The molecule has 1 amide bonds. The summed E-state index contributed by atoms with van der Waals surface area (Å²) in [6.07, 6.45) is 11.9. The minimum atomic E-state index is -0.321. The third kappa shape index (κ3) is 6.95. The summed E-state index contributed by atoms with van der Waals surface area (Å²) in [4.78, 5) is 31.4. The van der Waals surface area contributed by atoms with Gasteiger partial charge in [0.05, 0.1) is 17.7 Å². The predicted molar refractivity (Wildman–Crippen MR) is 156 cm³/mol. The fourth-order valence-electron chi connectivity index (χ4n) is 5.32. The van der Waals surface area contributed by atoms with Crippen molar-refractivity contribution in [1.29, 1.82) is 0 Å². The summed E-state index contributed by atoms with van der Waals surface area (Å²) in [5, 5.41) is 4.12. The molecule has 2 aliphatic carbocycles. The number of carbonyl (C=O) groups excluding carboxylic acids is 2. The molecule has 1 aromatic heterocycles. The van der Waals surface area contributed by atoms with Crippen LogP contribution in [0.2, 0.25) is 0 Å². The summed E-state index contributed by atoms with van der Waals surface area (Å²) < 4.78 is 11.0. The Morgan fingerprint density at radius 3 is 2.62 bits per heavy atom. The second-order valence-electron chi connectivity index (χ2n) is 10.2. The fourth-order valence-corrected chi connectivity index (χ4v) is 6.55. The van der Waals surface area contributed by atoms with Gasteiger partial charge >= 0.3 is 5.97 Å². The molecule has 0 atom stereocenters. The van der Waals surface area contributed by atoms with Gasteiger partial charge in [-0.2, -0.15) is 0 Å². The van der Waals surface area contributed by atoms with E-state index >= 15 is 0 Å². The monoisotopic (exact) mass is 544 g/mol. The summed E-state index contributed by atoms with van der Waals surface area (Å²) >= 11 is 1.67.